The van der Waals surface area contributed by atoms with Gasteiger partial charge in [-0.25, -0.2) is 9.79 Å². The summed E-state index contributed by atoms with van der Waals surface area (Å²) in [5.74, 6) is 0.147. The van der Waals surface area contributed by atoms with Crippen molar-refractivity contribution >= 4 is 68.4 Å². The maximum absolute atomic E-state index is 14.2. The summed E-state index contributed by atoms with van der Waals surface area (Å²) in [5, 5.41) is 0.644. The predicted octanol–water partition coefficient (Wildman–Crippen LogP) is 7.65. The summed E-state index contributed by atoms with van der Waals surface area (Å²) in [6.07, 6.45) is 3.84. The van der Waals surface area contributed by atoms with Gasteiger partial charge in [0, 0.05) is 21.0 Å². The zero-order valence-corrected chi connectivity index (χ0v) is 28.9. The van der Waals surface area contributed by atoms with Gasteiger partial charge in [0.15, 0.2) is 4.80 Å². The van der Waals surface area contributed by atoms with Crippen LogP contribution in [0.1, 0.15) is 35.2 Å². The van der Waals surface area contributed by atoms with Gasteiger partial charge in [0.25, 0.3) is 5.56 Å². The Kier molecular flexibility index (Phi) is 9.94. The van der Waals surface area contributed by atoms with Crippen LogP contribution in [0.15, 0.2) is 122 Å². The van der Waals surface area contributed by atoms with Crippen molar-refractivity contribution in [2.24, 2.45) is 4.99 Å². The number of rotatable bonds is 9. The van der Waals surface area contributed by atoms with Crippen LogP contribution in [0.25, 0.3) is 11.8 Å². The fourth-order valence-electron chi connectivity index (χ4n) is 5.19. The third kappa shape index (κ3) is 6.64. The first-order valence-electron chi connectivity index (χ1n) is 14.5. The maximum Gasteiger partial charge on any atom is 0.338 e. The number of fused-ring (bicyclic) bond motifs is 1. The van der Waals surface area contributed by atoms with Gasteiger partial charge < -0.3 is 9.47 Å². The molecule has 6 nitrogen and oxygen atoms in total. The van der Waals surface area contributed by atoms with Crippen LogP contribution in [-0.2, 0) is 16.1 Å². The number of esters is 1. The van der Waals surface area contributed by atoms with Gasteiger partial charge in [-0.2, -0.15) is 0 Å². The number of carbonyl (C=O) groups is 1. The van der Waals surface area contributed by atoms with Crippen molar-refractivity contribution in [3.63, 3.8) is 0 Å². The molecular weight excluding hydrogens is 704 g/mol. The van der Waals surface area contributed by atoms with E-state index in [0.29, 0.717) is 38.0 Å². The van der Waals surface area contributed by atoms with Crippen LogP contribution in [0, 0.1) is 0 Å². The van der Waals surface area contributed by atoms with Crippen LogP contribution in [-0.4, -0.2) is 23.4 Å². The number of thiazole rings is 1. The van der Waals surface area contributed by atoms with E-state index in [9.17, 15) is 9.59 Å². The summed E-state index contributed by atoms with van der Waals surface area (Å²) >= 11 is 12.8. The summed E-state index contributed by atoms with van der Waals surface area (Å²) in [6, 6.07) is 29.9. The van der Waals surface area contributed by atoms with Crippen molar-refractivity contribution in [3.8, 4) is 5.75 Å². The summed E-state index contributed by atoms with van der Waals surface area (Å²) in [7, 11) is 0. The zero-order valence-electron chi connectivity index (χ0n) is 24.9. The first-order chi connectivity index (χ1) is 22.4. The first kappa shape index (κ1) is 32.1. The first-order valence-corrected chi connectivity index (χ1v) is 17.7. The van der Waals surface area contributed by atoms with Crippen LogP contribution in [0.3, 0.4) is 0 Å². The lowest BCUT2D eigenvalue weighted by atomic mass is 9.93. The number of benzene rings is 4. The van der Waals surface area contributed by atoms with Gasteiger partial charge in [-0.3, -0.25) is 9.36 Å². The third-order valence-electron chi connectivity index (χ3n) is 7.40. The molecule has 46 heavy (non-hydrogen) atoms. The smallest absolute Gasteiger partial charge is 0.338 e. The highest BCUT2D eigenvalue weighted by molar-refractivity contribution is 9.10. The molecule has 0 amide bonds. The number of aromatic nitrogens is 1. The molecule has 1 aromatic heterocycles. The second-order valence-electron chi connectivity index (χ2n) is 10.3. The molecule has 0 saturated heterocycles. The Morgan fingerprint density at radius 3 is 2.48 bits per heavy atom. The highest BCUT2D eigenvalue weighted by Crippen LogP contribution is 2.36. The Balaban J connectivity index is 1.46. The van der Waals surface area contributed by atoms with E-state index in [1.54, 1.807) is 23.3 Å². The molecule has 0 unspecified atom stereocenters. The lowest BCUT2D eigenvalue weighted by molar-refractivity contribution is -0.138. The third-order valence-corrected chi connectivity index (χ3v) is 10.1. The Labute approximate surface area is 287 Å². The van der Waals surface area contributed by atoms with Gasteiger partial charge in [-0.1, -0.05) is 89.7 Å². The number of hydrogen-bond donors (Lipinski definition) is 0. The quantitative estimate of drug-likeness (QED) is 0.115. The van der Waals surface area contributed by atoms with Gasteiger partial charge in [-0.05, 0) is 76.6 Å². The average Bonchev–Trinajstić information content (AvgIpc) is 3.38. The monoisotopic (exact) mass is 730 g/mol. The molecule has 10 heteroatoms. The fourth-order valence-corrected chi connectivity index (χ4v) is 7.30. The molecule has 5 aromatic rings. The van der Waals surface area contributed by atoms with Crippen molar-refractivity contribution in [2.75, 3.05) is 12.9 Å². The van der Waals surface area contributed by atoms with Crippen molar-refractivity contribution in [1.82, 2.24) is 4.57 Å². The lowest BCUT2D eigenvalue weighted by Gasteiger charge is -2.26. The molecule has 0 spiro atoms. The molecule has 0 aliphatic carbocycles. The Hall–Kier alpha value is -3.89. The number of nitrogens with zero attached hydrogens (tertiary/aromatic N) is 2. The lowest BCUT2D eigenvalue weighted by Crippen LogP contribution is -2.40. The van der Waals surface area contributed by atoms with Gasteiger partial charge in [-0.15, -0.1) is 11.8 Å². The highest BCUT2D eigenvalue weighted by Gasteiger charge is 2.35. The Bertz CT molecular complexity index is 2130. The molecule has 1 aliphatic heterocycles. The number of ether oxygens (including phenoxy) is 2. The van der Waals surface area contributed by atoms with E-state index in [1.807, 2.05) is 109 Å². The van der Waals surface area contributed by atoms with Crippen LogP contribution in [0.2, 0.25) is 5.02 Å². The van der Waals surface area contributed by atoms with E-state index in [4.69, 9.17) is 26.1 Å². The van der Waals surface area contributed by atoms with Crippen molar-refractivity contribution in [3.05, 3.63) is 154 Å². The molecule has 0 N–H and O–H groups in total. The van der Waals surface area contributed by atoms with Crippen molar-refractivity contribution < 1.29 is 14.3 Å². The average molecular weight is 732 g/mol. The maximum atomic E-state index is 14.2. The van der Waals surface area contributed by atoms with Crippen molar-refractivity contribution in [2.45, 2.75) is 24.5 Å². The number of carbonyl (C=O) groups excluding carboxylic acids is 1. The molecule has 0 bridgehead atoms. The van der Waals surface area contributed by atoms with E-state index in [2.05, 4.69) is 15.9 Å². The number of halogens is 2. The molecule has 0 fully saturated rings. The van der Waals surface area contributed by atoms with Crippen LogP contribution in [0.5, 0.6) is 5.75 Å². The predicted molar refractivity (Wildman–Crippen MR) is 189 cm³/mol. The standard InChI is InChI=1S/C36H28BrClN2O4S2/c1-3-43-35(42)31-32(23-9-5-4-6-10-23)39-36-40(33(31)24-14-16-26(45-2)17-15-24)34(41)30(46-36)20-22-13-18-29(27(37)19-22)44-21-25-11-7-8-12-28(25)38/h4-20,33H,3,21H2,1-2H3/b30-20-/t33-/m1/s1. The molecule has 0 saturated carbocycles. The molecule has 6 rings (SSSR count). The minimum Gasteiger partial charge on any atom is -0.488 e. The summed E-state index contributed by atoms with van der Waals surface area (Å²) in [5.41, 5.74) is 3.82. The van der Waals surface area contributed by atoms with Crippen molar-refractivity contribution in [1.29, 1.82) is 0 Å². The highest BCUT2D eigenvalue weighted by atomic mass is 79.9. The van der Waals surface area contributed by atoms with Gasteiger partial charge >= 0.3 is 5.97 Å². The Morgan fingerprint density at radius 2 is 1.78 bits per heavy atom. The fraction of sp³-hybridized carbons (Fsp3) is 0.139. The Morgan fingerprint density at radius 1 is 1.04 bits per heavy atom. The van der Waals surface area contributed by atoms with Gasteiger partial charge in [0.2, 0.25) is 0 Å². The van der Waals surface area contributed by atoms with Crippen LogP contribution >= 0.6 is 50.6 Å². The topological polar surface area (TPSA) is 69.9 Å². The van der Waals surface area contributed by atoms with Crippen LogP contribution in [0.4, 0.5) is 0 Å². The molecule has 0 radical (unpaired) electrons. The van der Waals surface area contributed by atoms with Gasteiger partial charge in [0.1, 0.15) is 12.4 Å². The molecule has 2 heterocycles. The molecule has 4 aromatic carbocycles. The second-order valence-corrected chi connectivity index (χ2v) is 13.4. The van der Waals surface area contributed by atoms with E-state index in [0.717, 1.165) is 31.6 Å². The number of hydrogen-bond acceptors (Lipinski definition) is 7. The molecular formula is C36H28BrClN2O4S2. The van der Waals surface area contributed by atoms with E-state index in [-0.39, 0.29) is 12.2 Å². The largest absolute Gasteiger partial charge is 0.488 e. The molecule has 232 valence electrons. The van der Waals surface area contributed by atoms with E-state index >= 15 is 0 Å². The molecule has 1 aliphatic rings. The number of thioether (sulfide) groups is 1. The summed E-state index contributed by atoms with van der Waals surface area (Å²) in [6.45, 7) is 2.28. The van der Waals surface area contributed by atoms with Crippen LogP contribution < -0.4 is 19.6 Å². The minimum absolute atomic E-state index is 0.194. The normalized spacial score (nSPS) is 14.5. The van der Waals surface area contributed by atoms with E-state index in [1.165, 1.54) is 11.3 Å². The van der Waals surface area contributed by atoms with E-state index < -0.39 is 12.0 Å². The molecule has 1 atom stereocenters. The second kappa shape index (κ2) is 14.3. The SMILES string of the molecule is CCOC(=O)C1=C(c2ccccc2)N=c2s/c(=C\c3ccc(OCc4ccccc4Cl)c(Br)c3)c(=O)n2[C@@H]1c1ccc(SC)cc1. The summed E-state index contributed by atoms with van der Waals surface area (Å²) in [4.78, 5) is 34.3. The minimum atomic E-state index is -0.726. The van der Waals surface area contributed by atoms with Gasteiger partial charge in [0.05, 0.1) is 32.9 Å². The summed E-state index contributed by atoms with van der Waals surface area (Å²) < 4.78 is 14.4. The zero-order chi connectivity index (χ0) is 32.2.